The fraction of sp³-hybridized carbons (Fsp3) is 0.381. The average Bonchev–Trinajstić information content (AvgIpc) is 3.45. The molecule has 1 aromatic heterocycles. The van der Waals surface area contributed by atoms with Gasteiger partial charge in [-0.2, -0.15) is 0 Å². The molecule has 1 N–H and O–H groups in total. The number of hydrogen-bond acceptors (Lipinski definition) is 3. The normalized spacial score (nSPS) is 20.8. The average molecular weight is 349 g/mol. The van der Waals surface area contributed by atoms with Gasteiger partial charge in [0.2, 0.25) is 11.8 Å². The second kappa shape index (κ2) is 7.28. The third-order valence-corrected chi connectivity index (χ3v) is 5.21. The number of nitrogens with one attached hydrogen (secondary N) is 1. The predicted molar refractivity (Wildman–Crippen MR) is 97.8 cm³/mol. The third-order valence-electron chi connectivity index (χ3n) is 5.21. The van der Waals surface area contributed by atoms with Crippen molar-refractivity contribution in [2.24, 2.45) is 11.8 Å². The van der Waals surface area contributed by atoms with Crippen LogP contribution >= 0.6 is 0 Å². The van der Waals surface area contributed by atoms with Crippen LogP contribution < -0.4 is 5.32 Å². The molecule has 2 aliphatic rings. The highest BCUT2D eigenvalue weighted by atomic mass is 16.2. The van der Waals surface area contributed by atoms with Crippen molar-refractivity contribution in [2.75, 3.05) is 6.54 Å². The molecule has 1 aromatic carbocycles. The molecule has 0 spiro atoms. The SMILES string of the molecule is O=C(N[C@H](c1ccccc1)C1CC1)[C@@H]1CC(=O)N(Cc2ccccn2)C1. The summed E-state index contributed by atoms with van der Waals surface area (Å²) in [5, 5.41) is 3.21. The van der Waals surface area contributed by atoms with E-state index >= 15 is 0 Å². The molecule has 1 saturated carbocycles. The van der Waals surface area contributed by atoms with Gasteiger partial charge in [0.25, 0.3) is 0 Å². The van der Waals surface area contributed by atoms with E-state index in [2.05, 4.69) is 22.4 Å². The molecule has 2 aromatic rings. The zero-order valence-electron chi connectivity index (χ0n) is 14.7. The number of carbonyl (C=O) groups excluding carboxylic acids is 2. The van der Waals surface area contributed by atoms with Crippen molar-refractivity contribution in [1.29, 1.82) is 0 Å². The summed E-state index contributed by atoms with van der Waals surface area (Å²) in [5.74, 6) is 0.250. The highest BCUT2D eigenvalue weighted by molar-refractivity contribution is 5.89. The third kappa shape index (κ3) is 3.77. The Labute approximate surface area is 153 Å². The van der Waals surface area contributed by atoms with E-state index in [1.165, 1.54) is 0 Å². The van der Waals surface area contributed by atoms with Gasteiger partial charge in [0.15, 0.2) is 0 Å². The summed E-state index contributed by atoms with van der Waals surface area (Å²) in [5.41, 5.74) is 2.00. The first-order chi connectivity index (χ1) is 12.7. The summed E-state index contributed by atoms with van der Waals surface area (Å²) in [7, 11) is 0. The Kier molecular flexibility index (Phi) is 4.69. The van der Waals surface area contributed by atoms with Crippen LogP contribution in [0, 0.1) is 11.8 Å². The minimum absolute atomic E-state index is 0.0115. The van der Waals surface area contributed by atoms with E-state index in [1.54, 1.807) is 11.1 Å². The first kappa shape index (κ1) is 16.8. The van der Waals surface area contributed by atoms with Gasteiger partial charge in [-0.25, -0.2) is 0 Å². The fourth-order valence-electron chi connectivity index (χ4n) is 3.62. The molecule has 4 rings (SSSR count). The van der Waals surface area contributed by atoms with E-state index in [4.69, 9.17) is 0 Å². The lowest BCUT2D eigenvalue weighted by Crippen LogP contribution is -2.36. The predicted octanol–water partition coefficient (Wildman–Crippen LogP) is 2.70. The molecular weight excluding hydrogens is 326 g/mol. The van der Waals surface area contributed by atoms with E-state index in [0.29, 0.717) is 19.0 Å². The van der Waals surface area contributed by atoms with Crippen molar-refractivity contribution in [2.45, 2.75) is 31.8 Å². The molecule has 1 aliphatic heterocycles. The van der Waals surface area contributed by atoms with Crippen LogP contribution in [-0.2, 0) is 16.1 Å². The van der Waals surface area contributed by atoms with Crippen molar-refractivity contribution in [1.82, 2.24) is 15.2 Å². The molecule has 26 heavy (non-hydrogen) atoms. The molecule has 2 fully saturated rings. The van der Waals surface area contributed by atoms with Gasteiger partial charge in [-0.1, -0.05) is 36.4 Å². The lowest BCUT2D eigenvalue weighted by atomic mass is 10.0. The van der Waals surface area contributed by atoms with Crippen LogP contribution in [0.4, 0.5) is 0 Å². The Bertz CT molecular complexity index is 774. The van der Waals surface area contributed by atoms with Gasteiger partial charge in [-0.15, -0.1) is 0 Å². The Morgan fingerprint density at radius 2 is 1.92 bits per heavy atom. The highest BCUT2D eigenvalue weighted by Crippen LogP contribution is 2.41. The number of aromatic nitrogens is 1. The van der Waals surface area contributed by atoms with Crippen LogP contribution in [0.15, 0.2) is 54.7 Å². The number of likely N-dealkylation sites (tertiary alicyclic amines) is 1. The molecule has 5 heteroatoms. The number of hydrogen-bond donors (Lipinski definition) is 1. The molecular formula is C21H23N3O2. The standard InChI is InChI=1S/C21H23N3O2/c25-19-12-17(13-24(19)14-18-8-4-5-11-22-18)21(26)23-20(16-9-10-16)15-6-2-1-3-7-15/h1-8,11,16-17,20H,9-10,12-14H2,(H,23,26)/t17-,20-/m1/s1. The Morgan fingerprint density at radius 1 is 1.15 bits per heavy atom. The van der Waals surface area contributed by atoms with E-state index in [-0.39, 0.29) is 30.2 Å². The fourth-order valence-corrected chi connectivity index (χ4v) is 3.62. The molecule has 0 bridgehead atoms. The van der Waals surface area contributed by atoms with Gasteiger partial charge in [0.05, 0.1) is 24.2 Å². The molecule has 0 radical (unpaired) electrons. The van der Waals surface area contributed by atoms with Crippen LogP contribution in [-0.4, -0.2) is 28.2 Å². The maximum atomic E-state index is 12.8. The van der Waals surface area contributed by atoms with Crippen molar-refractivity contribution < 1.29 is 9.59 Å². The second-order valence-electron chi connectivity index (χ2n) is 7.23. The number of benzene rings is 1. The summed E-state index contributed by atoms with van der Waals surface area (Å²) < 4.78 is 0. The smallest absolute Gasteiger partial charge is 0.225 e. The number of amides is 2. The minimum atomic E-state index is -0.281. The zero-order chi connectivity index (χ0) is 17.9. The molecule has 1 aliphatic carbocycles. The van der Waals surface area contributed by atoms with E-state index in [0.717, 1.165) is 24.1 Å². The van der Waals surface area contributed by atoms with E-state index in [1.807, 2.05) is 36.4 Å². The van der Waals surface area contributed by atoms with Crippen LogP contribution in [0.5, 0.6) is 0 Å². The van der Waals surface area contributed by atoms with Gasteiger partial charge in [-0.05, 0) is 36.5 Å². The van der Waals surface area contributed by atoms with Crippen molar-refractivity contribution in [3.8, 4) is 0 Å². The van der Waals surface area contributed by atoms with Crippen LogP contribution in [0.3, 0.4) is 0 Å². The van der Waals surface area contributed by atoms with Gasteiger partial charge in [0, 0.05) is 19.2 Å². The Morgan fingerprint density at radius 3 is 2.62 bits per heavy atom. The van der Waals surface area contributed by atoms with Gasteiger partial charge >= 0.3 is 0 Å². The number of pyridine rings is 1. The summed E-state index contributed by atoms with van der Waals surface area (Å²) >= 11 is 0. The van der Waals surface area contributed by atoms with Gasteiger partial charge in [0.1, 0.15) is 0 Å². The summed E-state index contributed by atoms with van der Waals surface area (Å²) in [6.45, 7) is 0.932. The molecule has 134 valence electrons. The highest BCUT2D eigenvalue weighted by Gasteiger charge is 2.38. The Hall–Kier alpha value is -2.69. The summed E-state index contributed by atoms with van der Waals surface area (Å²) in [4.78, 5) is 31.1. The van der Waals surface area contributed by atoms with Crippen LogP contribution in [0.1, 0.15) is 36.6 Å². The van der Waals surface area contributed by atoms with Crippen molar-refractivity contribution in [3.63, 3.8) is 0 Å². The maximum Gasteiger partial charge on any atom is 0.225 e. The van der Waals surface area contributed by atoms with Gasteiger partial charge < -0.3 is 10.2 Å². The molecule has 2 heterocycles. The maximum absolute atomic E-state index is 12.8. The largest absolute Gasteiger partial charge is 0.349 e. The zero-order valence-corrected chi connectivity index (χ0v) is 14.7. The van der Waals surface area contributed by atoms with Gasteiger partial charge in [-0.3, -0.25) is 14.6 Å². The molecule has 2 amide bonds. The topological polar surface area (TPSA) is 62.3 Å². The van der Waals surface area contributed by atoms with Crippen LogP contribution in [0.2, 0.25) is 0 Å². The molecule has 5 nitrogen and oxygen atoms in total. The second-order valence-corrected chi connectivity index (χ2v) is 7.23. The number of carbonyl (C=O) groups is 2. The van der Waals surface area contributed by atoms with Crippen LogP contribution in [0.25, 0.3) is 0 Å². The van der Waals surface area contributed by atoms with E-state index < -0.39 is 0 Å². The number of rotatable bonds is 6. The molecule has 2 atom stereocenters. The molecule has 1 saturated heterocycles. The summed E-state index contributed by atoms with van der Waals surface area (Å²) in [6, 6.07) is 15.9. The lowest BCUT2D eigenvalue weighted by molar-refractivity contribution is -0.129. The molecule has 0 unspecified atom stereocenters. The summed E-state index contributed by atoms with van der Waals surface area (Å²) in [6.07, 6.45) is 4.30. The first-order valence-electron chi connectivity index (χ1n) is 9.23. The van der Waals surface area contributed by atoms with E-state index in [9.17, 15) is 9.59 Å². The van der Waals surface area contributed by atoms with Crippen molar-refractivity contribution in [3.05, 3.63) is 66.0 Å². The lowest BCUT2D eigenvalue weighted by Gasteiger charge is -2.21. The minimum Gasteiger partial charge on any atom is -0.349 e. The van der Waals surface area contributed by atoms with Crippen molar-refractivity contribution >= 4 is 11.8 Å². The Balaban J connectivity index is 1.39. The monoisotopic (exact) mass is 349 g/mol. The first-order valence-corrected chi connectivity index (χ1v) is 9.23. The quantitative estimate of drug-likeness (QED) is 0.872. The number of nitrogens with zero attached hydrogens (tertiary/aromatic N) is 2.